The van der Waals surface area contributed by atoms with Gasteiger partial charge in [0.05, 0.1) is 0 Å². The van der Waals surface area contributed by atoms with E-state index in [9.17, 15) is 4.79 Å². The predicted molar refractivity (Wildman–Crippen MR) is 119 cm³/mol. The first-order valence-corrected chi connectivity index (χ1v) is 10.0. The van der Waals surface area contributed by atoms with Gasteiger partial charge in [0, 0.05) is 22.2 Å². The summed E-state index contributed by atoms with van der Waals surface area (Å²) in [6, 6.07) is 24.8. The minimum absolute atomic E-state index is 0.104. The summed E-state index contributed by atoms with van der Waals surface area (Å²) in [7, 11) is 0. The Bertz CT molecular complexity index is 1070. The number of rotatable bonds is 5. The van der Waals surface area contributed by atoms with Crippen LogP contribution in [0.3, 0.4) is 0 Å². The quantitative estimate of drug-likeness (QED) is 0.475. The molecule has 0 atom stereocenters. The maximum Gasteiger partial charge on any atom is 0.278 e. The molecule has 0 aliphatic carbocycles. The molecule has 29 heavy (non-hydrogen) atoms. The molecule has 0 unspecified atom stereocenters. The van der Waals surface area contributed by atoms with Crippen LogP contribution in [0.25, 0.3) is 6.08 Å². The number of aliphatic imine (C=N–C) groups is 1. The van der Waals surface area contributed by atoms with Gasteiger partial charge in [-0.1, -0.05) is 77.8 Å². The van der Waals surface area contributed by atoms with Crippen LogP contribution in [-0.2, 0) is 11.2 Å². The molecule has 3 aromatic rings. The number of amidine groups is 1. The molecule has 144 valence electrons. The van der Waals surface area contributed by atoms with E-state index in [-0.39, 0.29) is 5.91 Å². The molecular formula is C24H18Cl2N2O. The van der Waals surface area contributed by atoms with Gasteiger partial charge in [0.2, 0.25) is 0 Å². The lowest BCUT2D eigenvalue weighted by Gasteiger charge is -2.18. The van der Waals surface area contributed by atoms with Crippen LogP contribution in [0.15, 0.2) is 89.6 Å². The van der Waals surface area contributed by atoms with E-state index in [1.165, 1.54) is 0 Å². The van der Waals surface area contributed by atoms with Gasteiger partial charge in [-0.3, -0.25) is 9.69 Å². The molecule has 3 aromatic carbocycles. The largest absolute Gasteiger partial charge is 0.290 e. The molecule has 1 aliphatic heterocycles. The Kier molecular flexibility index (Phi) is 5.79. The fourth-order valence-corrected chi connectivity index (χ4v) is 3.43. The average molecular weight is 421 g/mol. The van der Waals surface area contributed by atoms with Crippen molar-refractivity contribution in [3.05, 3.63) is 111 Å². The van der Waals surface area contributed by atoms with Gasteiger partial charge in [-0.2, -0.15) is 0 Å². The molecule has 4 rings (SSSR count). The monoisotopic (exact) mass is 420 g/mol. The number of nitrogens with zero attached hydrogens (tertiary/aromatic N) is 2. The summed E-state index contributed by atoms with van der Waals surface area (Å²) in [5, 5.41) is 1.36. The average Bonchev–Trinajstić information content (AvgIpc) is 3.05. The molecule has 0 bridgehead atoms. The third kappa shape index (κ3) is 4.58. The second kappa shape index (κ2) is 8.64. The van der Waals surface area contributed by atoms with Crippen LogP contribution in [0, 0.1) is 0 Å². The number of carbonyl (C=O) groups excluding carboxylic acids is 1. The Morgan fingerprint density at radius 3 is 2.10 bits per heavy atom. The molecule has 0 radical (unpaired) electrons. The van der Waals surface area contributed by atoms with E-state index in [4.69, 9.17) is 23.2 Å². The van der Waals surface area contributed by atoms with Crippen LogP contribution in [-0.4, -0.2) is 23.2 Å². The summed E-state index contributed by atoms with van der Waals surface area (Å²) in [4.78, 5) is 19.5. The molecule has 3 nitrogen and oxygen atoms in total. The van der Waals surface area contributed by atoms with E-state index < -0.39 is 0 Å². The third-order valence-electron chi connectivity index (χ3n) is 4.69. The molecule has 0 fully saturated rings. The topological polar surface area (TPSA) is 32.7 Å². The second-order valence-electron chi connectivity index (χ2n) is 6.72. The minimum Gasteiger partial charge on any atom is -0.290 e. The fraction of sp³-hybridized carbons (Fsp3) is 0.0833. The van der Waals surface area contributed by atoms with Crippen molar-refractivity contribution in [1.29, 1.82) is 0 Å². The van der Waals surface area contributed by atoms with Crippen LogP contribution in [0.2, 0.25) is 10.0 Å². The van der Waals surface area contributed by atoms with Crippen molar-refractivity contribution in [1.82, 2.24) is 4.90 Å². The maximum atomic E-state index is 13.1. The van der Waals surface area contributed by atoms with E-state index in [0.717, 1.165) is 16.7 Å². The number of amides is 1. The van der Waals surface area contributed by atoms with Gasteiger partial charge in [-0.25, -0.2) is 4.99 Å². The fourth-order valence-electron chi connectivity index (χ4n) is 3.17. The lowest BCUT2D eigenvalue weighted by Crippen LogP contribution is -2.34. The van der Waals surface area contributed by atoms with Gasteiger partial charge in [0.25, 0.3) is 5.91 Å². The molecule has 0 saturated carbocycles. The molecular weight excluding hydrogens is 403 g/mol. The van der Waals surface area contributed by atoms with Crippen molar-refractivity contribution in [3.63, 3.8) is 0 Å². The smallest absolute Gasteiger partial charge is 0.278 e. The zero-order valence-electron chi connectivity index (χ0n) is 15.6. The van der Waals surface area contributed by atoms with Crippen molar-refractivity contribution in [2.24, 2.45) is 4.99 Å². The lowest BCUT2D eigenvalue weighted by molar-refractivity contribution is -0.122. The molecule has 0 saturated heterocycles. The van der Waals surface area contributed by atoms with Crippen molar-refractivity contribution < 1.29 is 4.79 Å². The highest BCUT2D eigenvalue weighted by atomic mass is 35.5. The molecule has 5 heteroatoms. The van der Waals surface area contributed by atoms with Gasteiger partial charge >= 0.3 is 0 Å². The first-order chi connectivity index (χ1) is 14.1. The number of benzene rings is 3. The van der Waals surface area contributed by atoms with Gasteiger partial charge in [0.1, 0.15) is 11.5 Å². The molecule has 0 spiro atoms. The van der Waals surface area contributed by atoms with Crippen LogP contribution in [0.5, 0.6) is 0 Å². The second-order valence-corrected chi connectivity index (χ2v) is 7.59. The Labute approximate surface area is 179 Å². The Morgan fingerprint density at radius 1 is 0.828 bits per heavy atom. The molecule has 0 N–H and O–H groups in total. The SMILES string of the molecule is O=C1C(=Cc2ccc(Cl)cc2)N=C(c2ccccc2)N1CCc1ccc(Cl)cc1. The number of halogens is 2. The number of carbonyl (C=O) groups is 1. The summed E-state index contributed by atoms with van der Waals surface area (Å²) >= 11 is 11.9. The molecule has 1 amide bonds. The summed E-state index contributed by atoms with van der Waals surface area (Å²) in [6.07, 6.45) is 2.51. The zero-order valence-corrected chi connectivity index (χ0v) is 17.1. The first-order valence-electron chi connectivity index (χ1n) is 9.28. The van der Waals surface area contributed by atoms with E-state index in [0.29, 0.717) is 34.5 Å². The number of hydrogen-bond donors (Lipinski definition) is 0. The van der Waals surface area contributed by atoms with Gasteiger partial charge in [0.15, 0.2) is 0 Å². The normalized spacial score (nSPS) is 15.1. The Morgan fingerprint density at radius 2 is 1.45 bits per heavy atom. The minimum atomic E-state index is -0.104. The zero-order chi connectivity index (χ0) is 20.2. The first kappa shape index (κ1) is 19.4. The highest BCUT2D eigenvalue weighted by Gasteiger charge is 2.30. The van der Waals surface area contributed by atoms with E-state index >= 15 is 0 Å². The van der Waals surface area contributed by atoms with Crippen LogP contribution < -0.4 is 0 Å². The van der Waals surface area contributed by atoms with Crippen LogP contribution >= 0.6 is 23.2 Å². The molecule has 1 heterocycles. The number of hydrogen-bond acceptors (Lipinski definition) is 2. The summed E-state index contributed by atoms with van der Waals surface area (Å²) in [5.74, 6) is 0.567. The van der Waals surface area contributed by atoms with Crippen molar-refractivity contribution in [2.45, 2.75) is 6.42 Å². The Hall–Kier alpha value is -2.88. The van der Waals surface area contributed by atoms with Gasteiger partial charge in [-0.05, 0) is 47.9 Å². The summed E-state index contributed by atoms with van der Waals surface area (Å²) in [5.41, 5.74) is 3.33. The summed E-state index contributed by atoms with van der Waals surface area (Å²) < 4.78 is 0. The molecule has 1 aliphatic rings. The highest BCUT2D eigenvalue weighted by molar-refractivity contribution is 6.30. The third-order valence-corrected chi connectivity index (χ3v) is 5.19. The van der Waals surface area contributed by atoms with Crippen molar-refractivity contribution >= 4 is 41.0 Å². The summed E-state index contributed by atoms with van der Waals surface area (Å²) in [6.45, 7) is 0.534. The van der Waals surface area contributed by atoms with Crippen LogP contribution in [0.4, 0.5) is 0 Å². The van der Waals surface area contributed by atoms with E-state index in [1.807, 2.05) is 66.7 Å². The van der Waals surface area contributed by atoms with Crippen molar-refractivity contribution in [2.75, 3.05) is 6.54 Å². The highest BCUT2D eigenvalue weighted by Crippen LogP contribution is 2.23. The Balaban J connectivity index is 1.63. The lowest BCUT2D eigenvalue weighted by atomic mass is 10.1. The van der Waals surface area contributed by atoms with E-state index in [2.05, 4.69) is 4.99 Å². The van der Waals surface area contributed by atoms with Gasteiger partial charge in [-0.15, -0.1) is 0 Å². The van der Waals surface area contributed by atoms with Crippen molar-refractivity contribution in [3.8, 4) is 0 Å². The maximum absolute atomic E-state index is 13.1. The standard InChI is InChI=1S/C24H18Cl2N2O/c25-20-10-6-17(7-11-20)14-15-28-23(19-4-2-1-3-5-19)27-22(24(28)29)16-18-8-12-21(26)13-9-18/h1-13,16H,14-15H2. The molecule has 0 aromatic heterocycles. The van der Waals surface area contributed by atoms with Gasteiger partial charge < -0.3 is 0 Å². The predicted octanol–water partition coefficient (Wildman–Crippen LogP) is 5.87. The van der Waals surface area contributed by atoms with E-state index in [1.54, 1.807) is 23.1 Å². The van der Waals surface area contributed by atoms with Crippen LogP contribution in [0.1, 0.15) is 16.7 Å².